The fourth-order valence-corrected chi connectivity index (χ4v) is 1.13. The number of carbonyl (C=O) groups is 2. The lowest BCUT2D eigenvalue weighted by Gasteiger charge is -2.36. The van der Waals surface area contributed by atoms with Crippen molar-refractivity contribution in [3.8, 4) is 0 Å². The minimum atomic E-state index is -0.672. The number of hydrogen-bond acceptors (Lipinski definition) is 6. The second kappa shape index (κ2) is 3.84. The third kappa shape index (κ3) is 1.42. The first-order chi connectivity index (χ1) is 6.54. The summed E-state index contributed by atoms with van der Waals surface area (Å²) in [6.07, 6.45) is 0. The first kappa shape index (κ1) is 10.8. The summed E-state index contributed by atoms with van der Waals surface area (Å²) in [4.78, 5) is 23.9. The quantitative estimate of drug-likeness (QED) is 0.575. The molecule has 0 aromatic heterocycles. The van der Waals surface area contributed by atoms with Crippen LogP contribution in [0, 0.1) is 0 Å². The molecule has 1 rings (SSSR count). The van der Waals surface area contributed by atoms with Gasteiger partial charge in [0.25, 0.3) is 10.3 Å². The lowest BCUT2D eigenvalue weighted by molar-refractivity contribution is 0.137. The van der Waals surface area contributed by atoms with Gasteiger partial charge in [-0.15, -0.1) is 0 Å². The van der Waals surface area contributed by atoms with Crippen LogP contribution in [-0.4, -0.2) is 46.4 Å². The molecule has 1 aliphatic heterocycles. The Hall–Kier alpha value is -1.28. The molecule has 0 aromatic carbocycles. The SMILES string of the molecule is COC(=S)N1C(=O)N(C(=S)OC)C1=O. The molecule has 4 amide bonds. The zero-order valence-electron chi connectivity index (χ0n) is 7.34. The van der Waals surface area contributed by atoms with Crippen LogP contribution in [0.4, 0.5) is 9.59 Å². The highest BCUT2D eigenvalue weighted by Gasteiger charge is 2.50. The lowest BCUT2D eigenvalue weighted by Crippen LogP contribution is -2.67. The molecule has 0 spiro atoms. The van der Waals surface area contributed by atoms with Gasteiger partial charge in [-0.1, -0.05) is 0 Å². The van der Waals surface area contributed by atoms with E-state index >= 15 is 0 Å². The average Bonchev–Trinajstić information content (AvgIpc) is 2.17. The van der Waals surface area contributed by atoms with E-state index in [2.05, 4.69) is 33.9 Å². The molecule has 0 radical (unpaired) electrons. The first-order valence-electron chi connectivity index (χ1n) is 3.38. The Kier molecular flexibility index (Phi) is 2.96. The summed E-state index contributed by atoms with van der Waals surface area (Å²) < 4.78 is 9.12. The standard InChI is InChI=1S/C6H6N2O4S2/c1-11-5(13)7-3(9)8(4(7)10)6(14)12-2/h1-2H3. The molecule has 0 saturated carbocycles. The van der Waals surface area contributed by atoms with E-state index in [1.807, 2.05) is 0 Å². The van der Waals surface area contributed by atoms with Gasteiger partial charge in [-0.25, -0.2) is 9.59 Å². The Morgan fingerprint density at radius 3 is 1.50 bits per heavy atom. The third-order valence-electron chi connectivity index (χ3n) is 1.48. The van der Waals surface area contributed by atoms with Gasteiger partial charge in [0.15, 0.2) is 0 Å². The van der Waals surface area contributed by atoms with Crippen molar-refractivity contribution in [2.75, 3.05) is 14.2 Å². The van der Waals surface area contributed by atoms with Crippen LogP contribution in [-0.2, 0) is 9.47 Å². The molecular formula is C6H6N2O4S2. The Bertz CT molecular complexity index is 286. The van der Waals surface area contributed by atoms with Gasteiger partial charge in [0, 0.05) is 0 Å². The largest absolute Gasteiger partial charge is 0.474 e. The van der Waals surface area contributed by atoms with E-state index in [4.69, 9.17) is 0 Å². The number of thiocarbonyl (C=S) groups is 2. The maximum atomic E-state index is 11.3. The number of ether oxygens (including phenoxy) is 2. The Morgan fingerprint density at radius 2 is 1.29 bits per heavy atom. The fourth-order valence-electron chi connectivity index (χ4n) is 0.814. The van der Waals surface area contributed by atoms with Crippen molar-refractivity contribution in [2.45, 2.75) is 0 Å². The number of hydrogen-bond donors (Lipinski definition) is 0. The van der Waals surface area contributed by atoms with Crippen LogP contribution in [0.1, 0.15) is 0 Å². The molecule has 6 nitrogen and oxygen atoms in total. The van der Waals surface area contributed by atoms with Crippen LogP contribution in [0.3, 0.4) is 0 Å². The van der Waals surface area contributed by atoms with E-state index in [-0.39, 0.29) is 10.3 Å². The van der Waals surface area contributed by atoms with Crippen molar-refractivity contribution in [1.29, 1.82) is 0 Å². The first-order valence-corrected chi connectivity index (χ1v) is 4.20. The zero-order valence-corrected chi connectivity index (χ0v) is 8.98. The predicted octanol–water partition coefficient (Wildman–Crippen LogP) is 0.707. The number of urea groups is 2. The van der Waals surface area contributed by atoms with Gasteiger partial charge in [0.05, 0.1) is 14.2 Å². The van der Waals surface area contributed by atoms with Crippen LogP contribution < -0.4 is 0 Å². The molecule has 14 heavy (non-hydrogen) atoms. The van der Waals surface area contributed by atoms with E-state index in [1.165, 1.54) is 14.2 Å². The van der Waals surface area contributed by atoms with Gasteiger partial charge in [0.2, 0.25) is 0 Å². The van der Waals surface area contributed by atoms with Crippen molar-refractivity contribution in [2.24, 2.45) is 0 Å². The summed E-state index contributed by atoms with van der Waals surface area (Å²) >= 11 is 9.22. The lowest BCUT2D eigenvalue weighted by atomic mass is 10.5. The van der Waals surface area contributed by atoms with Crippen LogP contribution in [0.25, 0.3) is 0 Å². The molecule has 1 heterocycles. The molecule has 0 atom stereocenters. The monoisotopic (exact) mass is 234 g/mol. The predicted molar refractivity (Wildman–Crippen MR) is 53.7 cm³/mol. The van der Waals surface area contributed by atoms with Gasteiger partial charge >= 0.3 is 12.1 Å². The number of carbonyl (C=O) groups excluding carboxylic acids is 2. The smallest absolute Gasteiger partial charge is 0.351 e. The molecule has 0 aromatic rings. The Balaban J connectivity index is 2.76. The number of amides is 4. The normalized spacial score (nSPS) is 15.0. The summed E-state index contributed by atoms with van der Waals surface area (Å²) in [7, 11) is 2.53. The average molecular weight is 234 g/mol. The topological polar surface area (TPSA) is 59.1 Å². The second-order valence-corrected chi connectivity index (χ2v) is 2.87. The van der Waals surface area contributed by atoms with Crippen LogP contribution in [0.2, 0.25) is 0 Å². The van der Waals surface area contributed by atoms with Crippen molar-refractivity contribution in [3.63, 3.8) is 0 Å². The molecule has 1 aliphatic rings. The molecule has 0 unspecified atom stereocenters. The highest BCUT2D eigenvalue weighted by Crippen LogP contribution is 2.18. The summed E-state index contributed by atoms with van der Waals surface area (Å²) in [5, 5.41) is -0.426. The maximum Gasteiger partial charge on any atom is 0.351 e. The number of rotatable bonds is 0. The minimum Gasteiger partial charge on any atom is -0.474 e. The van der Waals surface area contributed by atoms with E-state index < -0.39 is 12.1 Å². The van der Waals surface area contributed by atoms with Gasteiger partial charge in [-0.3, -0.25) is 0 Å². The molecule has 1 fully saturated rings. The Morgan fingerprint density at radius 1 is 1.00 bits per heavy atom. The van der Waals surface area contributed by atoms with Crippen molar-refractivity contribution < 1.29 is 19.1 Å². The molecule has 76 valence electrons. The number of nitrogens with zero attached hydrogens (tertiary/aromatic N) is 2. The van der Waals surface area contributed by atoms with Crippen LogP contribution >= 0.6 is 24.4 Å². The second-order valence-electron chi connectivity index (χ2n) is 2.18. The van der Waals surface area contributed by atoms with E-state index in [1.54, 1.807) is 0 Å². The summed E-state index contributed by atoms with van der Waals surface area (Å²) in [6, 6.07) is -1.34. The van der Waals surface area contributed by atoms with Crippen molar-refractivity contribution in [1.82, 2.24) is 9.80 Å². The van der Waals surface area contributed by atoms with Gasteiger partial charge in [-0.05, 0) is 24.4 Å². The van der Waals surface area contributed by atoms with Gasteiger partial charge < -0.3 is 9.47 Å². The molecule has 8 heteroatoms. The molecule has 0 bridgehead atoms. The molecule has 0 N–H and O–H groups in total. The van der Waals surface area contributed by atoms with Crippen LogP contribution in [0.15, 0.2) is 0 Å². The summed E-state index contributed by atoms with van der Waals surface area (Å²) in [6.45, 7) is 0. The van der Waals surface area contributed by atoms with E-state index in [9.17, 15) is 9.59 Å². The van der Waals surface area contributed by atoms with Gasteiger partial charge in [0.1, 0.15) is 0 Å². The number of methoxy groups -OCH3 is 2. The molecular weight excluding hydrogens is 228 g/mol. The third-order valence-corrected chi connectivity index (χ3v) is 2.18. The summed E-state index contributed by atoms with van der Waals surface area (Å²) in [5.74, 6) is 0. The van der Waals surface area contributed by atoms with Crippen molar-refractivity contribution in [3.05, 3.63) is 0 Å². The van der Waals surface area contributed by atoms with E-state index in [0.717, 1.165) is 0 Å². The van der Waals surface area contributed by atoms with Crippen LogP contribution in [0.5, 0.6) is 0 Å². The van der Waals surface area contributed by atoms with Crippen molar-refractivity contribution >= 4 is 46.8 Å². The Labute approximate surface area is 90.3 Å². The molecule has 1 saturated heterocycles. The highest BCUT2D eigenvalue weighted by atomic mass is 32.1. The summed E-state index contributed by atoms with van der Waals surface area (Å²) in [5.41, 5.74) is 0. The fraction of sp³-hybridized carbons (Fsp3) is 0.333. The molecule has 0 aliphatic carbocycles. The highest BCUT2D eigenvalue weighted by molar-refractivity contribution is 7.80. The maximum absolute atomic E-state index is 11.3. The zero-order chi connectivity index (χ0) is 10.9. The number of imide groups is 2. The minimum absolute atomic E-state index is 0.213. The van der Waals surface area contributed by atoms with E-state index in [0.29, 0.717) is 9.80 Å². The van der Waals surface area contributed by atoms with Gasteiger partial charge in [-0.2, -0.15) is 9.80 Å².